The highest BCUT2D eigenvalue weighted by Gasteiger charge is 2.28. The highest BCUT2D eigenvalue weighted by atomic mass is 19.1. The second-order valence-electron chi connectivity index (χ2n) is 8.36. The Kier molecular flexibility index (Phi) is 6.56. The third-order valence-electron chi connectivity index (χ3n) is 4.86. The summed E-state index contributed by atoms with van der Waals surface area (Å²) in [6.45, 7) is 6.84. The summed E-state index contributed by atoms with van der Waals surface area (Å²) in [5.41, 5.74) is 1.62. The molecule has 0 radical (unpaired) electrons. The molecule has 30 heavy (non-hydrogen) atoms. The van der Waals surface area contributed by atoms with Crippen molar-refractivity contribution in [3.63, 3.8) is 0 Å². The second kappa shape index (κ2) is 9.12. The van der Waals surface area contributed by atoms with Gasteiger partial charge in [-0.05, 0) is 63.4 Å². The number of ether oxygens (including phenoxy) is 2. The molecule has 1 aliphatic heterocycles. The molecular formula is C23H26FN3O3. The van der Waals surface area contributed by atoms with Crippen LogP contribution in [0.4, 0.5) is 9.18 Å². The van der Waals surface area contributed by atoms with E-state index in [2.05, 4.69) is 11.1 Å². The van der Waals surface area contributed by atoms with Crippen molar-refractivity contribution in [2.75, 3.05) is 13.1 Å². The number of hydrogen-bond donors (Lipinski definition) is 0. The second-order valence-corrected chi connectivity index (χ2v) is 8.36. The topological polar surface area (TPSA) is 75.4 Å². The van der Waals surface area contributed by atoms with Crippen LogP contribution in [0.5, 0.6) is 5.88 Å². The molecule has 1 amide bonds. The van der Waals surface area contributed by atoms with Gasteiger partial charge in [0.25, 0.3) is 5.88 Å². The number of piperidine rings is 1. The first-order chi connectivity index (χ1) is 14.2. The van der Waals surface area contributed by atoms with E-state index in [4.69, 9.17) is 14.7 Å². The molecule has 1 fully saturated rings. The number of aromatic nitrogens is 1. The number of likely N-dealkylation sites (tertiary alicyclic amines) is 1. The number of benzene rings is 1. The van der Waals surface area contributed by atoms with Crippen LogP contribution in [0.15, 0.2) is 36.4 Å². The summed E-state index contributed by atoms with van der Waals surface area (Å²) in [6.07, 6.45) is 1.15. The average Bonchev–Trinajstić information content (AvgIpc) is 2.72. The van der Waals surface area contributed by atoms with E-state index in [1.165, 1.54) is 6.07 Å². The Labute approximate surface area is 176 Å². The summed E-state index contributed by atoms with van der Waals surface area (Å²) in [4.78, 5) is 18.3. The highest BCUT2D eigenvalue weighted by Crippen LogP contribution is 2.29. The van der Waals surface area contributed by atoms with Crippen molar-refractivity contribution < 1.29 is 18.7 Å². The minimum Gasteiger partial charge on any atom is -0.471 e. The lowest BCUT2D eigenvalue weighted by molar-refractivity contribution is 0.0204. The molecule has 6 nitrogen and oxygen atoms in total. The number of rotatable bonds is 4. The molecule has 158 valence electrons. The van der Waals surface area contributed by atoms with Gasteiger partial charge in [0.05, 0.1) is 11.6 Å². The maximum Gasteiger partial charge on any atom is 0.410 e. The molecule has 2 aromatic rings. The fraction of sp³-hybridized carbons (Fsp3) is 0.435. The van der Waals surface area contributed by atoms with Crippen LogP contribution in [0.1, 0.15) is 56.4 Å². The summed E-state index contributed by atoms with van der Waals surface area (Å²) < 4.78 is 25.2. The number of carbonyl (C=O) groups is 1. The fourth-order valence-electron chi connectivity index (χ4n) is 3.28. The molecule has 0 N–H and O–H groups in total. The van der Waals surface area contributed by atoms with Gasteiger partial charge >= 0.3 is 6.09 Å². The van der Waals surface area contributed by atoms with Gasteiger partial charge in [-0.2, -0.15) is 5.26 Å². The van der Waals surface area contributed by atoms with Gasteiger partial charge in [-0.15, -0.1) is 0 Å². The minimum absolute atomic E-state index is 0.0357. The van der Waals surface area contributed by atoms with Crippen LogP contribution in [0.25, 0.3) is 0 Å². The first kappa shape index (κ1) is 21.6. The first-order valence-corrected chi connectivity index (χ1v) is 10.0. The van der Waals surface area contributed by atoms with E-state index in [1.807, 2.05) is 20.8 Å². The van der Waals surface area contributed by atoms with E-state index in [0.717, 1.165) is 24.1 Å². The molecule has 1 aromatic carbocycles. The number of amides is 1. The van der Waals surface area contributed by atoms with Crippen LogP contribution in [0.2, 0.25) is 0 Å². The van der Waals surface area contributed by atoms with E-state index in [0.29, 0.717) is 18.7 Å². The molecule has 0 spiro atoms. The predicted molar refractivity (Wildman–Crippen MR) is 109 cm³/mol. The van der Waals surface area contributed by atoms with Gasteiger partial charge in [-0.25, -0.2) is 14.2 Å². The summed E-state index contributed by atoms with van der Waals surface area (Å²) in [7, 11) is 0. The van der Waals surface area contributed by atoms with Gasteiger partial charge in [0.15, 0.2) is 5.82 Å². The Morgan fingerprint density at radius 2 is 1.87 bits per heavy atom. The summed E-state index contributed by atoms with van der Waals surface area (Å²) >= 11 is 0. The number of halogens is 1. The van der Waals surface area contributed by atoms with Crippen molar-refractivity contribution in [1.82, 2.24) is 9.88 Å². The molecule has 0 atom stereocenters. The molecule has 2 heterocycles. The van der Waals surface area contributed by atoms with Crippen LogP contribution < -0.4 is 4.74 Å². The van der Waals surface area contributed by atoms with Crippen LogP contribution >= 0.6 is 0 Å². The Morgan fingerprint density at radius 3 is 2.47 bits per heavy atom. The lowest BCUT2D eigenvalue weighted by Gasteiger charge is -2.33. The molecule has 1 aliphatic rings. The Morgan fingerprint density at radius 1 is 1.20 bits per heavy atom. The SMILES string of the molecule is CC(C)(C)OC(=O)N1CCC(c2ccc(F)c(OCc3ccc(C#N)cc3)n2)CC1. The van der Waals surface area contributed by atoms with Gasteiger partial charge in [-0.3, -0.25) is 0 Å². The molecule has 0 aliphatic carbocycles. The van der Waals surface area contributed by atoms with Crippen LogP contribution in [-0.2, 0) is 11.3 Å². The third kappa shape index (κ3) is 5.69. The quantitative estimate of drug-likeness (QED) is 0.723. The van der Waals surface area contributed by atoms with Crippen molar-refractivity contribution in [1.29, 1.82) is 5.26 Å². The van der Waals surface area contributed by atoms with Gasteiger partial charge in [0.1, 0.15) is 12.2 Å². The lowest BCUT2D eigenvalue weighted by Crippen LogP contribution is -2.41. The van der Waals surface area contributed by atoms with Crippen LogP contribution in [0, 0.1) is 17.1 Å². The molecule has 3 rings (SSSR count). The molecule has 1 aromatic heterocycles. The van der Waals surface area contributed by atoms with Gasteiger partial charge in [0.2, 0.25) is 0 Å². The van der Waals surface area contributed by atoms with Crippen molar-refractivity contribution in [2.45, 2.75) is 51.7 Å². The van der Waals surface area contributed by atoms with Gasteiger partial charge in [0, 0.05) is 24.7 Å². The Hall–Kier alpha value is -3.14. The maximum absolute atomic E-state index is 14.2. The van der Waals surface area contributed by atoms with Crippen molar-refractivity contribution in [2.24, 2.45) is 0 Å². The van der Waals surface area contributed by atoms with Crippen LogP contribution in [-0.4, -0.2) is 34.7 Å². The predicted octanol–water partition coefficient (Wildman–Crippen LogP) is 4.79. The van der Waals surface area contributed by atoms with Crippen molar-refractivity contribution >= 4 is 6.09 Å². The molecule has 0 saturated carbocycles. The van der Waals surface area contributed by atoms with E-state index >= 15 is 0 Å². The number of hydrogen-bond acceptors (Lipinski definition) is 5. The summed E-state index contributed by atoms with van der Waals surface area (Å²) in [5, 5.41) is 8.85. The minimum atomic E-state index is -0.520. The molecule has 0 unspecified atom stereocenters. The monoisotopic (exact) mass is 411 g/mol. The largest absolute Gasteiger partial charge is 0.471 e. The first-order valence-electron chi connectivity index (χ1n) is 10.0. The standard InChI is InChI=1S/C23H26FN3O3/c1-23(2,3)30-22(28)27-12-10-18(11-13-27)20-9-8-19(24)21(26-20)29-15-17-6-4-16(14-25)5-7-17/h4-9,18H,10-13,15H2,1-3H3. The van der Waals surface area contributed by atoms with Gasteiger partial charge in [-0.1, -0.05) is 12.1 Å². The zero-order valence-electron chi connectivity index (χ0n) is 17.5. The third-order valence-corrected chi connectivity index (χ3v) is 4.86. The van der Waals surface area contributed by atoms with E-state index < -0.39 is 11.4 Å². The molecule has 7 heteroatoms. The molecule has 0 bridgehead atoms. The molecular weight excluding hydrogens is 385 g/mol. The molecule has 1 saturated heterocycles. The maximum atomic E-state index is 14.2. The van der Waals surface area contributed by atoms with E-state index in [9.17, 15) is 9.18 Å². The van der Waals surface area contributed by atoms with Crippen molar-refractivity contribution in [3.05, 3.63) is 59.0 Å². The van der Waals surface area contributed by atoms with Gasteiger partial charge < -0.3 is 14.4 Å². The van der Waals surface area contributed by atoms with Crippen molar-refractivity contribution in [3.8, 4) is 11.9 Å². The zero-order valence-corrected chi connectivity index (χ0v) is 17.5. The lowest BCUT2D eigenvalue weighted by atomic mass is 9.93. The summed E-state index contributed by atoms with van der Waals surface area (Å²) in [5.74, 6) is -0.424. The average molecular weight is 411 g/mol. The van der Waals surface area contributed by atoms with Crippen LogP contribution in [0.3, 0.4) is 0 Å². The van der Waals surface area contributed by atoms with E-state index in [1.54, 1.807) is 35.2 Å². The highest BCUT2D eigenvalue weighted by molar-refractivity contribution is 5.68. The Bertz CT molecular complexity index is 924. The number of carbonyl (C=O) groups excluding carboxylic acids is 1. The fourth-order valence-corrected chi connectivity index (χ4v) is 3.28. The number of nitriles is 1. The Balaban J connectivity index is 1.60. The number of pyridine rings is 1. The van der Waals surface area contributed by atoms with E-state index in [-0.39, 0.29) is 24.5 Å². The zero-order chi connectivity index (χ0) is 21.7. The normalized spacial score (nSPS) is 14.8. The summed E-state index contributed by atoms with van der Waals surface area (Å²) in [6, 6.07) is 12.0. The smallest absolute Gasteiger partial charge is 0.410 e. The number of nitrogens with zero attached hydrogens (tertiary/aromatic N) is 3.